The molecule has 0 bridgehead atoms. The average Bonchev–Trinajstić information content (AvgIpc) is 2.32. The molecule has 1 saturated heterocycles. The van der Waals surface area contributed by atoms with Crippen LogP contribution >= 0.6 is 0 Å². The fourth-order valence-corrected chi connectivity index (χ4v) is 2.66. The van der Waals surface area contributed by atoms with Crippen molar-refractivity contribution in [3.8, 4) is 0 Å². The van der Waals surface area contributed by atoms with E-state index >= 15 is 0 Å². The molecule has 0 saturated carbocycles. The maximum absolute atomic E-state index is 13.7. The van der Waals surface area contributed by atoms with Crippen molar-refractivity contribution in [1.29, 1.82) is 0 Å². The molecule has 1 N–H and O–H groups in total. The summed E-state index contributed by atoms with van der Waals surface area (Å²) in [6, 6.07) is 3.73. The summed E-state index contributed by atoms with van der Waals surface area (Å²) in [7, 11) is 0. The molecule has 1 aliphatic heterocycles. The molecule has 1 aromatic rings. The first-order chi connectivity index (χ1) is 8.57. The Morgan fingerprint density at radius 3 is 2.28 bits per heavy atom. The molecule has 2 nitrogen and oxygen atoms in total. The number of piperidine rings is 1. The normalized spacial score (nSPS) is 20.0. The van der Waals surface area contributed by atoms with Crippen molar-refractivity contribution < 1.29 is 13.9 Å². The second-order valence-corrected chi connectivity index (χ2v) is 4.97. The molecule has 0 aliphatic carbocycles. The highest BCUT2D eigenvalue weighted by Gasteiger charge is 2.37. The Morgan fingerprint density at radius 1 is 1.22 bits per heavy atom. The third-order valence-corrected chi connectivity index (χ3v) is 3.65. The van der Waals surface area contributed by atoms with Gasteiger partial charge in [-0.15, -0.1) is 0 Å². The van der Waals surface area contributed by atoms with Crippen LogP contribution in [0.4, 0.5) is 8.78 Å². The van der Waals surface area contributed by atoms with E-state index in [4.69, 9.17) is 0 Å². The van der Waals surface area contributed by atoms with Crippen LogP contribution in [0.2, 0.25) is 0 Å². The minimum absolute atomic E-state index is 0.166. The summed E-state index contributed by atoms with van der Waals surface area (Å²) in [6.07, 6.45) is 1.81. The Bertz CT molecular complexity index is 394. The molecule has 2 rings (SSSR count). The summed E-state index contributed by atoms with van der Waals surface area (Å²) >= 11 is 0. The van der Waals surface area contributed by atoms with Gasteiger partial charge in [0.25, 0.3) is 0 Å². The molecule has 0 atom stereocenters. The Balaban J connectivity index is 2.18. The minimum atomic E-state index is -1.36. The van der Waals surface area contributed by atoms with Gasteiger partial charge in [-0.3, -0.25) is 0 Å². The molecule has 18 heavy (non-hydrogen) atoms. The van der Waals surface area contributed by atoms with Crippen LogP contribution in [-0.4, -0.2) is 29.6 Å². The van der Waals surface area contributed by atoms with E-state index in [1.807, 2.05) is 0 Å². The standard InChI is InChI=1S/C14H19F2NO/c1-2-8-17-9-6-14(18,7-10-17)13-11(15)4-3-5-12(13)16/h3-5,18H,2,6-10H2,1H3. The van der Waals surface area contributed by atoms with Gasteiger partial charge in [-0.2, -0.15) is 0 Å². The summed E-state index contributed by atoms with van der Waals surface area (Å²) in [4.78, 5) is 2.22. The molecule has 0 radical (unpaired) electrons. The fourth-order valence-electron chi connectivity index (χ4n) is 2.66. The van der Waals surface area contributed by atoms with Crippen LogP contribution in [0.25, 0.3) is 0 Å². The van der Waals surface area contributed by atoms with Gasteiger partial charge < -0.3 is 10.0 Å². The molecule has 1 aliphatic rings. The zero-order valence-electron chi connectivity index (χ0n) is 10.6. The van der Waals surface area contributed by atoms with E-state index < -0.39 is 17.2 Å². The Hall–Kier alpha value is -1.00. The van der Waals surface area contributed by atoms with Crippen molar-refractivity contribution in [2.45, 2.75) is 31.8 Å². The van der Waals surface area contributed by atoms with Gasteiger partial charge in [-0.1, -0.05) is 13.0 Å². The van der Waals surface area contributed by atoms with Crippen LogP contribution in [-0.2, 0) is 5.60 Å². The number of hydrogen-bond donors (Lipinski definition) is 1. The fraction of sp³-hybridized carbons (Fsp3) is 0.571. The van der Waals surface area contributed by atoms with E-state index in [2.05, 4.69) is 11.8 Å². The number of aliphatic hydroxyl groups is 1. The van der Waals surface area contributed by atoms with Crippen LogP contribution < -0.4 is 0 Å². The molecular formula is C14H19F2NO. The topological polar surface area (TPSA) is 23.5 Å². The average molecular weight is 255 g/mol. The molecule has 0 unspecified atom stereocenters. The van der Waals surface area contributed by atoms with E-state index in [9.17, 15) is 13.9 Å². The number of hydrogen-bond acceptors (Lipinski definition) is 2. The van der Waals surface area contributed by atoms with Crippen molar-refractivity contribution in [2.75, 3.05) is 19.6 Å². The second-order valence-electron chi connectivity index (χ2n) is 4.97. The van der Waals surface area contributed by atoms with Crippen LogP contribution in [0.1, 0.15) is 31.7 Å². The van der Waals surface area contributed by atoms with E-state index in [-0.39, 0.29) is 5.56 Å². The van der Waals surface area contributed by atoms with Crippen LogP contribution in [0.5, 0.6) is 0 Å². The molecule has 0 spiro atoms. The van der Waals surface area contributed by atoms with Gasteiger partial charge in [0.2, 0.25) is 0 Å². The predicted molar refractivity (Wildman–Crippen MR) is 66.2 cm³/mol. The van der Waals surface area contributed by atoms with Gasteiger partial charge in [0, 0.05) is 13.1 Å². The highest BCUT2D eigenvalue weighted by Crippen LogP contribution is 2.35. The Kier molecular flexibility index (Phi) is 3.97. The Morgan fingerprint density at radius 2 is 1.78 bits per heavy atom. The third-order valence-electron chi connectivity index (χ3n) is 3.65. The summed E-state index contributed by atoms with van der Waals surface area (Å²) in [5, 5.41) is 10.5. The summed E-state index contributed by atoms with van der Waals surface area (Å²) in [6.45, 7) is 4.42. The summed E-state index contributed by atoms with van der Waals surface area (Å²) < 4.78 is 27.4. The number of halogens is 2. The highest BCUT2D eigenvalue weighted by molar-refractivity contribution is 5.27. The van der Waals surface area contributed by atoms with Crippen LogP contribution in [0.15, 0.2) is 18.2 Å². The van der Waals surface area contributed by atoms with Gasteiger partial charge >= 0.3 is 0 Å². The van der Waals surface area contributed by atoms with Gasteiger partial charge in [0.1, 0.15) is 11.6 Å². The van der Waals surface area contributed by atoms with Crippen molar-refractivity contribution in [2.24, 2.45) is 0 Å². The minimum Gasteiger partial charge on any atom is -0.385 e. The van der Waals surface area contributed by atoms with E-state index in [1.165, 1.54) is 18.2 Å². The molecule has 0 aromatic heterocycles. The maximum atomic E-state index is 13.7. The lowest BCUT2D eigenvalue weighted by Crippen LogP contribution is -2.43. The van der Waals surface area contributed by atoms with E-state index in [0.717, 1.165) is 13.0 Å². The lowest BCUT2D eigenvalue weighted by atomic mass is 9.83. The van der Waals surface area contributed by atoms with Gasteiger partial charge in [0.15, 0.2) is 0 Å². The highest BCUT2D eigenvalue weighted by atomic mass is 19.1. The quantitative estimate of drug-likeness (QED) is 0.897. The lowest BCUT2D eigenvalue weighted by Gasteiger charge is -2.38. The van der Waals surface area contributed by atoms with Crippen LogP contribution in [0, 0.1) is 11.6 Å². The van der Waals surface area contributed by atoms with Gasteiger partial charge in [-0.25, -0.2) is 8.78 Å². The zero-order valence-corrected chi connectivity index (χ0v) is 10.6. The third kappa shape index (κ3) is 2.54. The molecule has 100 valence electrons. The monoisotopic (exact) mass is 255 g/mol. The maximum Gasteiger partial charge on any atom is 0.132 e. The molecular weight excluding hydrogens is 236 g/mol. The van der Waals surface area contributed by atoms with Gasteiger partial charge in [-0.05, 0) is 37.9 Å². The van der Waals surface area contributed by atoms with Crippen molar-refractivity contribution in [3.05, 3.63) is 35.4 Å². The van der Waals surface area contributed by atoms with E-state index in [0.29, 0.717) is 25.9 Å². The molecule has 0 amide bonds. The first-order valence-electron chi connectivity index (χ1n) is 6.46. The number of nitrogens with zero attached hydrogens (tertiary/aromatic N) is 1. The summed E-state index contributed by atoms with van der Waals surface area (Å²) in [5.74, 6) is -1.30. The first kappa shape index (κ1) is 13.4. The van der Waals surface area contributed by atoms with Crippen LogP contribution in [0.3, 0.4) is 0 Å². The molecule has 4 heteroatoms. The number of likely N-dealkylation sites (tertiary alicyclic amines) is 1. The first-order valence-corrected chi connectivity index (χ1v) is 6.46. The largest absolute Gasteiger partial charge is 0.385 e. The van der Waals surface area contributed by atoms with Crippen molar-refractivity contribution >= 4 is 0 Å². The smallest absolute Gasteiger partial charge is 0.132 e. The zero-order chi connectivity index (χ0) is 13.2. The van der Waals surface area contributed by atoms with Crippen molar-refractivity contribution in [3.63, 3.8) is 0 Å². The second kappa shape index (κ2) is 5.33. The van der Waals surface area contributed by atoms with Gasteiger partial charge in [0.05, 0.1) is 11.2 Å². The van der Waals surface area contributed by atoms with Crippen molar-refractivity contribution in [1.82, 2.24) is 4.90 Å². The molecule has 1 heterocycles. The summed E-state index contributed by atoms with van der Waals surface area (Å²) in [5.41, 5.74) is -1.53. The number of rotatable bonds is 3. The predicted octanol–water partition coefficient (Wildman–Crippen LogP) is 2.66. The molecule has 1 aromatic carbocycles. The SMILES string of the molecule is CCCN1CCC(O)(c2c(F)cccc2F)CC1. The molecule has 1 fully saturated rings. The lowest BCUT2D eigenvalue weighted by molar-refractivity contribution is -0.0310. The van der Waals surface area contributed by atoms with E-state index in [1.54, 1.807) is 0 Å². The number of benzene rings is 1. The Labute approximate surface area is 106 Å².